The van der Waals surface area contributed by atoms with Crippen LogP contribution in [0.5, 0.6) is 11.5 Å². The predicted octanol–water partition coefficient (Wildman–Crippen LogP) is 6.53. The molecule has 5 atom stereocenters. The van der Waals surface area contributed by atoms with Crippen molar-refractivity contribution in [2.24, 2.45) is 5.92 Å². The summed E-state index contributed by atoms with van der Waals surface area (Å²) >= 11 is 0. The Morgan fingerprint density at radius 3 is 2.05 bits per heavy atom. The molecule has 2 aliphatic rings. The summed E-state index contributed by atoms with van der Waals surface area (Å²) in [5.41, 5.74) is 4.24. The van der Waals surface area contributed by atoms with Crippen molar-refractivity contribution in [3.8, 4) is 11.5 Å². The van der Waals surface area contributed by atoms with Gasteiger partial charge in [0.05, 0.1) is 0 Å². The van der Waals surface area contributed by atoms with Gasteiger partial charge in [-0.2, -0.15) is 0 Å². The van der Waals surface area contributed by atoms with Gasteiger partial charge in [0.25, 0.3) is 0 Å². The molecular formula is C31H38O6. The normalized spacial score (nSPS) is 21.2. The summed E-state index contributed by atoms with van der Waals surface area (Å²) in [5, 5.41) is 2.00. The van der Waals surface area contributed by atoms with Crippen LogP contribution in [0.2, 0.25) is 0 Å². The van der Waals surface area contributed by atoms with E-state index < -0.39 is 24.1 Å². The topological polar surface area (TPSA) is 71.1 Å². The number of carbonyl (C=O) groups excluding carboxylic acids is 2. The van der Waals surface area contributed by atoms with Crippen molar-refractivity contribution in [2.75, 3.05) is 13.2 Å². The van der Waals surface area contributed by atoms with E-state index in [0.717, 1.165) is 40.7 Å². The summed E-state index contributed by atoms with van der Waals surface area (Å²) in [6, 6.07) is 6.17. The van der Waals surface area contributed by atoms with Gasteiger partial charge in [0.1, 0.15) is 36.9 Å². The molecule has 0 amide bonds. The molecule has 6 heteroatoms. The van der Waals surface area contributed by atoms with Crippen LogP contribution < -0.4 is 9.47 Å². The third kappa shape index (κ3) is 5.25. The quantitative estimate of drug-likeness (QED) is 0.269. The summed E-state index contributed by atoms with van der Waals surface area (Å²) in [6.45, 7) is 19.1. The van der Waals surface area contributed by atoms with Crippen molar-refractivity contribution in [1.82, 2.24) is 0 Å². The van der Waals surface area contributed by atoms with E-state index in [1.807, 2.05) is 19.9 Å². The van der Waals surface area contributed by atoms with E-state index in [-0.39, 0.29) is 13.2 Å². The van der Waals surface area contributed by atoms with Crippen molar-refractivity contribution in [1.29, 1.82) is 0 Å². The van der Waals surface area contributed by atoms with Crippen molar-refractivity contribution >= 4 is 22.7 Å². The zero-order valence-corrected chi connectivity index (χ0v) is 22.8. The molecule has 37 heavy (non-hydrogen) atoms. The van der Waals surface area contributed by atoms with Gasteiger partial charge in [-0.05, 0) is 70.8 Å². The minimum Gasteiger partial charge on any atom is -0.489 e. The average molecular weight is 507 g/mol. The van der Waals surface area contributed by atoms with Crippen LogP contribution >= 0.6 is 0 Å². The maximum Gasteiger partial charge on any atom is 0.333 e. The van der Waals surface area contributed by atoms with Gasteiger partial charge in [-0.25, -0.2) is 9.59 Å². The Labute approximate surface area is 219 Å². The lowest BCUT2D eigenvalue weighted by atomic mass is 9.81. The highest BCUT2D eigenvalue weighted by Crippen LogP contribution is 2.63. The molecule has 6 nitrogen and oxygen atoms in total. The van der Waals surface area contributed by atoms with E-state index in [1.165, 1.54) is 11.1 Å². The van der Waals surface area contributed by atoms with Crippen molar-refractivity contribution in [3.05, 3.63) is 59.2 Å². The molecule has 1 fully saturated rings. The Kier molecular flexibility index (Phi) is 7.67. The first-order chi connectivity index (χ1) is 17.5. The fourth-order valence-corrected chi connectivity index (χ4v) is 5.68. The van der Waals surface area contributed by atoms with Crippen molar-refractivity contribution in [3.63, 3.8) is 0 Å². The molecule has 1 saturated carbocycles. The lowest BCUT2D eigenvalue weighted by molar-refractivity contribution is -0.145. The fourth-order valence-electron chi connectivity index (χ4n) is 5.68. The zero-order valence-electron chi connectivity index (χ0n) is 22.8. The van der Waals surface area contributed by atoms with Gasteiger partial charge in [0.2, 0.25) is 0 Å². The summed E-state index contributed by atoms with van der Waals surface area (Å²) in [4.78, 5) is 24.0. The van der Waals surface area contributed by atoms with Crippen LogP contribution in [-0.2, 0) is 19.1 Å². The molecule has 0 aliphatic heterocycles. The maximum atomic E-state index is 12.0. The first kappa shape index (κ1) is 26.8. The van der Waals surface area contributed by atoms with Crippen LogP contribution in [-0.4, -0.2) is 37.4 Å². The minimum absolute atomic E-state index is 0.244. The number of fused-ring (bicyclic) bond motifs is 6. The van der Waals surface area contributed by atoms with Gasteiger partial charge in [0.15, 0.2) is 0 Å². The van der Waals surface area contributed by atoms with E-state index in [4.69, 9.17) is 18.9 Å². The minimum atomic E-state index is -0.421. The Morgan fingerprint density at radius 1 is 0.919 bits per heavy atom. The molecule has 0 spiro atoms. The van der Waals surface area contributed by atoms with E-state index in [1.54, 1.807) is 13.8 Å². The molecule has 5 unspecified atom stereocenters. The number of rotatable bonds is 10. The highest BCUT2D eigenvalue weighted by molar-refractivity contribution is 5.99. The number of aryl methyl sites for hydroxylation is 1. The molecule has 2 aromatic carbocycles. The first-order valence-corrected chi connectivity index (χ1v) is 13.1. The number of carbonyl (C=O) groups is 2. The van der Waals surface area contributed by atoms with E-state index >= 15 is 0 Å². The molecule has 0 N–H and O–H groups in total. The van der Waals surface area contributed by atoms with Crippen molar-refractivity contribution < 1.29 is 28.5 Å². The predicted molar refractivity (Wildman–Crippen MR) is 144 cm³/mol. The maximum absolute atomic E-state index is 12.0. The third-order valence-corrected chi connectivity index (χ3v) is 7.42. The van der Waals surface area contributed by atoms with Crippen LogP contribution in [0, 0.1) is 12.8 Å². The largest absolute Gasteiger partial charge is 0.489 e. The van der Waals surface area contributed by atoms with Crippen LogP contribution in [0.4, 0.5) is 0 Å². The molecular weight excluding hydrogens is 468 g/mol. The molecule has 2 aromatic rings. The van der Waals surface area contributed by atoms with Gasteiger partial charge in [-0.3, -0.25) is 0 Å². The fraction of sp³-hybridized carbons (Fsp3) is 0.484. The Balaban J connectivity index is 1.72. The highest BCUT2D eigenvalue weighted by Gasteiger charge is 2.46. The third-order valence-electron chi connectivity index (χ3n) is 7.42. The summed E-state index contributed by atoms with van der Waals surface area (Å²) in [7, 11) is 0. The average Bonchev–Trinajstić information content (AvgIpc) is 3.39. The Bertz CT molecular complexity index is 1260. The Hall–Kier alpha value is -3.28. The molecule has 0 saturated heterocycles. The zero-order chi connectivity index (χ0) is 27.0. The van der Waals surface area contributed by atoms with Gasteiger partial charge in [0, 0.05) is 33.0 Å². The van der Waals surface area contributed by atoms with E-state index in [2.05, 4.69) is 39.1 Å². The first-order valence-electron chi connectivity index (χ1n) is 13.1. The molecule has 0 aromatic heterocycles. The van der Waals surface area contributed by atoms with E-state index in [0.29, 0.717) is 28.9 Å². The van der Waals surface area contributed by atoms with Crippen LogP contribution in [0.3, 0.4) is 0 Å². The number of hydrogen-bond donors (Lipinski definition) is 0. The highest BCUT2D eigenvalue weighted by atomic mass is 16.6. The number of ether oxygens (including phenoxy) is 4. The van der Waals surface area contributed by atoms with E-state index in [9.17, 15) is 9.59 Å². The number of esters is 2. The second-order valence-corrected chi connectivity index (χ2v) is 10.8. The van der Waals surface area contributed by atoms with Crippen LogP contribution in [0.25, 0.3) is 10.8 Å². The molecule has 0 heterocycles. The molecule has 198 valence electrons. The molecule has 0 radical (unpaired) electrons. The lowest BCUT2D eigenvalue weighted by Crippen LogP contribution is -2.24. The van der Waals surface area contributed by atoms with Crippen LogP contribution in [0.15, 0.2) is 42.5 Å². The standard InChI is InChI=1S/C31H38O6/c1-16(2)30(32)36-20(7)14-34-28-23-11-9-10-18(5)25(23)29(35-15-21(8)37-31(33)17(3)4)26-22-12-19(6)24(13-22)27(26)28/h9-11,19-22,24H,1,3,12-15H2,2,4-8H3. The van der Waals surface area contributed by atoms with Crippen molar-refractivity contribution in [2.45, 2.75) is 78.4 Å². The summed E-state index contributed by atoms with van der Waals surface area (Å²) < 4.78 is 23.9. The smallest absolute Gasteiger partial charge is 0.333 e. The monoisotopic (exact) mass is 506 g/mol. The molecule has 2 aliphatic carbocycles. The second kappa shape index (κ2) is 10.6. The van der Waals surface area contributed by atoms with Crippen LogP contribution in [0.1, 0.15) is 76.0 Å². The van der Waals surface area contributed by atoms with Gasteiger partial charge >= 0.3 is 11.9 Å². The Morgan fingerprint density at radius 2 is 1.49 bits per heavy atom. The SMILES string of the molecule is C=C(C)C(=O)OC(C)COc1c2c(c(OCC(C)OC(=O)C(=C)C)c3c(C)cccc13)C1CC(C)C2C1. The molecule has 4 rings (SSSR count). The van der Waals surface area contributed by atoms with Gasteiger partial charge in [-0.15, -0.1) is 0 Å². The second-order valence-electron chi connectivity index (χ2n) is 10.8. The van der Waals surface area contributed by atoms with Gasteiger partial charge in [-0.1, -0.05) is 38.3 Å². The lowest BCUT2D eigenvalue weighted by Gasteiger charge is -2.29. The van der Waals surface area contributed by atoms with Gasteiger partial charge < -0.3 is 18.9 Å². The molecule has 2 bridgehead atoms. The summed E-state index contributed by atoms with van der Waals surface area (Å²) in [6.07, 6.45) is 1.34. The summed E-state index contributed by atoms with van der Waals surface area (Å²) in [5.74, 6) is 2.22. The number of benzene rings is 2. The number of hydrogen-bond acceptors (Lipinski definition) is 6.